The number of benzene rings is 1. The van der Waals surface area contributed by atoms with Gasteiger partial charge >= 0.3 is 0 Å². The number of hydrogen-bond donors (Lipinski definition) is 2. The first-order valence-electron chi connectivity index (χ1n) is 7.50. The molecule has 1 saturated heterocycles. The molecule has 0 aliphatic carbocycles. The van der Waals surface area contributed by atoms with Crippen LogP contribution in [0.5, 0.6) is 0 Å². The van der Waals surface area contributed by atoms with Crippen molar-refractivity contribution in [2.24, 2.45) is 5.92 Å². The molecule has 1 amide bonds. The van der Waals surface area contributed by atoms with Gasteiger partial charge in [0.15, 0.2) is 0 Å². The highest BCUT2D eigenvalue weighted by Crippen LogP contribution is 2.23. The second-order valence-corrected chi connectivity index (χ2v) is 6.75. The molecule has 2 heterocycles. The van der Waals surface area contributed by atoms with Gasteiger partial charge in [-0.25, -0.2) is 0 Å². The third-order valence-corrected chi connectivity index (χ3v) is 4.65. The first-order valence-corrected chi connectivity index (χ1v) is 8.29. The van der Waals surface area contributed by atoms with Gasteiger partial charge in [0.25, 0.3) is 5.91 Å². The lowest BCUT2D eigenvalue weighted by molar-refractivity contribution is 0.0941. The lowest BCUT2D eigenvalue weighted by Gasteiger charge is -2.27. The lowest BCUT2D eigenvalue weighted by Crippen LogP contribution is -2.48. The highest BCUT2D eigenvalue weighted by Gasteiger charge is 2.20. The van der Waals surface area contributed by atoms with Crippen molar-refractivity contribution in [2.75, 3.05) is 19.6 Å². The summed E-state index contributed by atoms with van der Waals surface area (Å²) in [7, 11) is 0. The van der Waals surface area contributed by atoms with E-state index in [1.165, 1.54) is 0 Å². The quantitative estimate of drug-likeness (QED) is 0.830. The maximum atomic E-state index is 12.4. The number of halogens is 2. The third kappa shape index (κ3) is 3.79. The third-order valence-electron chi connectivity index (χ3n) is 4.16. The van der Waals surface area contributed by atoms with Crippen LogP contribution in [-0.4, -0.2) is 30.1 Å². The predicted octanol–water partition coefficient (Wildman–Crippen LogP) is 3.23. The molecule has 0 saturated carbocycles. The number of nitrogens with zero attached hydrogens (tertiary/aromatic N) is 1. The van der Waals surface area contributed by atoms with Crippen LogP contribution in [0.2, 0.25) is 0 Å². The number of nitrogens with one attached hydrogen (secondary N) is 2. The number of aryl methyl sites for hydroxylation is 1. The molecule has 4 nitrogen and oxygen atoms in total. The Kier molecular flexibility index (Phi) is 5.89. The van der Waals surface area contributed by atoms with Gasteiger partial charge in [-0.3, -0.25) is 4.79 Å². The minimum absolute atomic E-state index is 0. The van der Waals surface area contributed by atoms with Gasteiger partial charge in [0.1, 0.15) is 0 Å². The average molecular weight is 399 g/mol. The molecule has 2 N–H and O–H groups in total. The van der Waals surface area contributed by atoms with Gasteiger partial charge in [-0.2, -0.15) is 0 Å². The van der Waals surface area contributed by atoms with Crippen LogP contribution >= 0.6 is 28.3 Å². The molecule has 3 rings (SSSR count). The molecule has 1 aliphatic rings. The zero-order chi connectivity index (χ0) is 15.7. The maximum absolute atomic E-state index is 12.4. The molecular weight excluding hydrogens is 378 g/mol. The fraction of sp³-hybridized carbons (Fsp3) is 0.353. The SMILES string of the molecule is Cc1cc(C(=O)NCC2CNC2)c(C)n1-c1cccc(Br)c1.Cl. The Bertz CT molecular complexity index is 710. The zero-order valence-corrected chi connectivity index (χ0v) is 15.6. The van der Waals surface area contributed by atoms with Crippen molar-refractivity contribution in [3.8, 4) is 5.69 Å². The molecular formula is C17H21BrClN3O. The van der Waals surface area contributed by atoms with E-state index in [4.69, 9.17) is 0 Å². The molecule has 1 aromatic heterocycles. The molecule has 0 atom stereocenters. The summed E-state index contributed by atoms with van der Waals surface area (Å²) in [5, 5.41) is 6.26. The van der Waals surface area contributed by atoms with Gasteiger partial charge in [0, 0.05) is 47.1 Å². The highest BCUT2D eigenvalue weighted by molar-refractivity contribution is 9.10. The van der Waals surface area contributed by atoms with Crippen molar-refractivity contribution < 1.29 is 4.79 Å². The van der Waals surface area contributed by atoms with Crippen LogP contribution in [0.15, 0.2) is 34.8 Å². The summed E-state index contributed by atoms with van der Waals surface area (Å²) in [6.07, 6.45) is 0. The first kappa shape index (κ1) is 18.0. The van der Waals surface area contributed by atoms with E-state index in [0.29, 0.717) is 5.92 Å². The van der Waals surface area contributed by atoms with Gasteiger partial charge < -0.3 is 15.2 Å². The van der Waals surface area contributed by atoms with Crippen molar-refractivity contribution in [3.63, 3.8) is 0 Å². The van der Waals surface area contributed by atoms with E-state index >= 15 is 0 Å². The van der Waals surface area contributed by atoms with Crippen molar-refractivity contribution in [1.82, 2.24) is 15.2 Å². The number of aromatic nitrogens is 1. The average Bonchev–Trinajstić information content (AvgIpc) is 2.72. The van der Waals surface area contributed by atoms with Gasteiger partial charge in [0.05, 0.1) is 5.56 Å². The Morgan fingerprint density at radius 2 is 2.09 bits per heavy atom. The summed E-state index contributed by atoms with van der Waals surface area (Å²) in [6, 6.07) is 10.1. The molecule has 1 fully saturated rings. The monoisotopic (exact) mass is 397 g/mol. The molecule has 1 aliphatic heterocycles. The van der Waals surface area contributed by atoms with Crippen LogP contribution in [0.4, 0.5) is 0 Å². The largest absolute Gasteiger partial charge is 0.352 e. The summed E-state index contributed by atoms with van der Waals surface area (Å²) in [5.41, 5.74) is 3.85. The highest BCUT2D eigenvalue weighted by atomic mass is 79.9. The van der Waals surface area contributed by atoms with Crippen LogP contribution in [0.25, 0.3) is 5.69 Å². The fourth-order valence-electron chi connectivity index (χ4n) is 2.83. The number of carbonyl (C=O) groups is 1. The standard InChI is InChI=1S/C17H20BrN3O.ClH/c1-11-6-16(17(22)20-10-13-8-19-9-13)12(2)21(11)15-5-3-4-14(18)7-15;/h3-7,13,19H,8-10H2,1-2H3,(H,20,22);1H. The summed E-state index contributed by atoms with van der Waals surface area (Å²) in [4.78, 5) is 12.4. The molecule has 6 heteroatoms. The Labute approximate surface area is 151 Å². The minimum atomic E-state index is 0. The topological polar surface area (TPSA) is 46.1 Å². The van der Waals surface area contributed by atoms with E-state index in [1.54, 1.807) is 0 Å². The normalized spacial score (nSPS) is 14.0. The number of carbonyl (C=O) groups excluding carboxylic acids is 1. The van der Waals surface area contributed by atoms with E-state index in [9.17, 15) is 4.79 Å². The molecule has 0 unspecified atom stereocenters. The fourth-order valence-corrected chi connectivity index (χ4v) is 3.22. The van der Waals surface area contributed by atoms with Crippen molar-refractivity contribution in [1.29, 1.82) is 0 Å². The molecule has 2 aromatic rings. The van der Waals surface area contributed by atoms with Gasteiger partial charge in [-0.15, -0.1) is 12.4 Å². The second-order valence-electron chi connectivity index (χ2n) is 5.83. The Morgan fingerprint density at radius 3 is 2.70 bits per heavy atom. The van der Waals surface area contributed by atoms with Crippen LogP contribution in [0.3, 0.4) is 0 Å². The predicted molar refractivity (Wildman–Crippen MR) is 98.9 cm³/mol. The Hall–Kier alpha value is -1.30. The van der Waals surface area contributed by atoms with E-state index in [0.717, 1.165) is 46.7 Å². The van der Waals surface area contributed by atoms with Crippen LogP contribution in [0, 0.1) is 19.8 Å². The van der Waals surface area contributed by atoms with E-state index in [2.05, 4.69) is 37.2 Å². The van der Waals surface area contributed by atoms with Crippen molar-refractivity contribution in [2.45, 2.75) is 13.8 Å². The number of rotatable bonds is 4. The van der Waals surface area contributed by atoms with E-state index in [-0.39, 0.29) is 18.3 Å². The van der Waals surface area contributed by atoms with Crippen LogP contribution in [0.1, 0.15) is 21.7 Å². The molecule has 1 aromatic carbocycles. The summed E-state index contributed by atoms with van der Waals surface area (Å²) in [5.74, 6) is 0.582. The van der Waals surface area contributed by atoms with Crippen LogP contribution in [-0.2, 0) is 0 Å². The molecule has 0 radical (unpaired) electrons. The lowest BCUT2D eigenvalue weighted by atomic mass is 10.0. The minimum Gasteiger partial charge on any atom is -0.352 e. The maximum Gasteiger partial charge on any atom is 0.253 e. The van der Waals surface area contributed by atoms with Gasteiger partial charge in [-0.1, -0.05) is 22.0 Å². The van der Waals surface area contributed by atoms with Crippen molar-refractivity contribution in [3.05, 3.63) is 51.8 Å². The van der Waals surface area contributed by atoms with Gasteiger partial charge in [-0.05, 0) is 38.1 Å². The summed E-state index contributed by atoms with van der Waals surface area (Å²) >= 11 is 3.50. The number of hydrogen-bond acceptors (Lipinski definition) is 2. The number of amides is 1. The Morgan fingerprint density at radius 1 is 1.35 bits per heavy atom. The molecule has 0 spiro atoms. The van der Waals surface area contributed by atoms with E-state index in [1.807, 2.05) is 38.1 Å². The van der Waals surface area contributed by atoms with Crippen LogP contribution < -0.4 is 10.6 Å². The molecule has 23 heavy (non-hydrogen) atoms. The van der Waals surface area contributed by atoms with Gasteiger partial charge in [0.2, 0.25) is 0 Å². The summed E-state index contributed by atoms with van der Waals surface area (Å²) in [6.45, 7) is 6.76. The first-order chi connectivity index (χ1) is 10.6. The Balaban J connectivity index is 0.00000192. The zero-order valence-electron chi connectivity index (χ0n) is 13.2. The summed E-state index contributed by atoms with van der Waals surface area (Å²) < 4.78 is 3.14. The second kappa shape index (κ2) is 7.51. The molecule has 0 bridgehead atoms. The smallest absolute Gasteiger partial charge is 0.253 e. The van der Waals surface area contributed by atoms with Crippen molar-refractivity contribution >= 4 is 34.2 Å². The van der Waals surface area contributed by atoms with E-state index < -0.39 is 0 Å². The molecule has 124 valence electrons.